The molecule has 0 aliphatic carbocycles. The molecule has 1 N–H and O–H groups in total. The number of hydrogen-bond donors (Lipinski definition) is 1. The number of carbonyl (C=O) groups is 1. The Bertz CT molecular complexity index is 427. The second-order valence-electron chi connectivity index (χ2n) is 6.22. The van der Waals surface area contributed by atoms with Gasteiger partial charge in [0.15, 0.2) is 0 Å². The minimum atomic E-state index is 0.130. The number of benzene rings is 1. The third-order valence-corrected chi connectivity index (χ3v) is 4.28. The highest BCUT2D eigenvalue weighted by Crippen LogP contribution is 2.03. The number of amides is 1. The molecule has 1 saturated heterocycles. The van der Waals surface area contributed by atoms with Gasteiger partial charge in [0.2, 0.25) is 5.91 Å². The number of hydrogen-bond acceptors (Lipinski definition) is 3. The summed E-state index contributed by atoms with van der Waals surface area (Å²) < 4.78 is 0. The maximum atomic E-state index is 11.8. The van der Waals surface area contributed by atoms with Crippen molar-refractivity contribution in [2.45, 2.75) is 25.7 Å². The zero-order valence-corrected chi connectivity index (χ0v) is 13.8. The lowest BCUT2D eigenvalue weighted by Crippen LogP contribution is -2.44. The van der Waals surface area contributed by atoms with Gasteiger partial charge in [0.05, 0.1) is 6.42 Å². The Labute approximate surface area is 134 Å². The van der Waals surface area contributed by atoms with Gasteiger partial charge in [0.25, 0.3) is 0 Å². The SMILES string of the molecule is CN1CCN(CCCCCNC(=O)Cc2ccccc2)CC1. The van der Waals surface area contributed by atoms with Crippen LogP contribution in [0.15, 0.2) is 30.3 Å². The normalized spacial score (nSPS) is 16.6. The molecule has 2 rings (SSSR count). The van der Waals surface area contributed by atoms with Crippen molar-refractivity contribution in [2.24, 2.45) is 0 Å². The Kier molecular flexibility index (Phi) is 7.40. The fourth-order valence-electron chi connectivity index (χ4n) is 2.78. The Morgan fingerprint density at radius 1 is 1.05 bits per heavy atom. The number of nitrogens with zero attached hydrogens (tertiary/aromatic N) is 2. The first-order chi connectivity index (χ1) is 10.7. The van der Waals surface area contributed by atoms with Gasteiger partial charge < -0.3 is 15.1 Å². The van der Waals surface area contributed by atoms with E-state index in [0.717, 1.165) is 18.5 Å². The predicted molar refractivity (Wildman–Crippen MR) is 90.9 cm³/mol. The Morgan fingerprint density at radius 2 is 1.77 bits per heavy atom. The summed E-state index contributed by atoms with van der Waals surface area (Å²) in [6.45, 7) is 6.78. The van der Waals surface area contributed by atoms with E-state index < -0.39 is 0 Å². The molecule has 0 radical (unpaired) electrons. The summed E-state index contributed by atoms with van der Waals surface area (Å²) in [7, 11) is 2.19. The molecule has 1 aliphatic rings. The van der Waals surface area contributed by atoms with Crippen molar-refractivity contribution >= 4 is 5.91 Å². The van der Waals surface area contributed by atoms with Crippen LogP contribution in [0.5, 0.6) is 0 Å². The molecule has 1 fully saturated rings. The van der Waals surface area contributed by atoms with Gasteiger partial charge in [0, 0.05) is 32.7 Å². The van der Waals surface area contributed by atoms with Crippen LogP contribution in [0.25, 0.3) is 0 Å². The second kappa shape index (κ2) is 9.59. The molecule has 1 heterocycles. The lowest BCUT2D eigenvalue weighted by Gasteiger charge is -2.32. The van der Waals surface area contributed by atoms with Crippen LogP contribution in [0, 0.1) is 0 Å². The number of likely N-dealkylation sites (N-methyl/N-ethyl adjacent to an activating group) is 1. The summed E-state index contributed by atoms with van der Waals surface area (Å²) in [6, 6.07) is 9.91. The average molecular weight is 303 g/mol. The van der Waals surface area contributed by atoms with Gasteiger partial charge in [-0.05, 0) is 32.0 Å². The van der Waals surface area contributed by atoms with Crippen LogP contribution in [0.4, 0.5) is 0 Å². The van der Waals surface area contributed by atoms with E-state index in [4.69, 9.17) is 0 Å². The lowest BCUT2D eigenvalue weighted by atomic mass is 10.1. The van der Waals surface area contributed by atoms with Gasteiger partial charge in [-0.15, -0.1) is 0 Å². The lowest BCUT2D eigenvalue weighted by molar-refractivity contribution is -0.120. The highest BCUT2D eigenvalue weighted by molar-refractivity contribution is 5.78. The number of piperazine rings is 1. The zero-order valence-electron chi connectivity index (χ0n) is 13.8. The van der Waals surface area contributed by atoms with Crippen molar-refractivity contribution in [3.63, 3.8) is 0 Å². The number of carbonyl (C=O) groups excluding carboxylic acids is 1. The quantitative estimate of drug-likeness (QED) is 0.743. The molecule has 0 bridgehead atoms. The van der Waals surface area contributed by atoms with Crippen LogP contribution in [-0.4, -0.2) is 62.0 Å². The van der Waals surface area contributed by atoms with Crippen LogP contribution in [-0.2, 0) is 11.2 Å². The summed E-state index contributed by atoms with van der Waals surface area (Å²) in [5.74, 6) is 0.130. The molecule has 0 saturated carbocycles. The van der Waals surface area contributed by atoms with Crippen LogP contribution in [0.2, 0.25) is 0 Å². The molecule has 122 valence electrons. The van der Waals surface area contributed by atoms with E-state index in [0.29, 0.717) is 6.42 Å². The highest BCUT2D eigenvalue weighted by Gasteiger charge is 2.12. The molecule has 1 amide bonds. The first kappa shape index (κ1) is 17.0. The molecule has 4 heteroatoms. The number of unbranched alkanes of at least 4 members (excludes halogenated alkanes) is 2. The molecular weight excluding hydrogens is 274 g/mol. The monoisotopic (exact) mass is 303 g/mol. The van der Waals surface area contributed by atoms with E-state index >= 15 is 0 Å². The van der Waals surface area contributed by atoms with E-state index in [2.05, 4.69) is 22.2 Å². The minimum Gasteiger partial charge on any atom is -0.356 e. The van der Waals surface area contributed by atoms with Crippen LogP contribution in [0.3, 0.4) is 0 Å². The maximum absolute atomic E-state index is 11.8. The van der Waals surface area contributed by atoms with Crippen LogP contribution >= 0.6 is 0 Å². The second-order valence-corrected chi connectivity index (χ2v) is 6.22. The molecule has 0 unspecified atom stereocenters. The Balaban J connectivity index is 1.46. The Hall–Kier alpha value is -1.39. The van der Waals surface area contributed by atoms with E-state index in [9.17, 15) is 4.79 Å². The number of nitrogens with one attached hydrogen (secondary N) is 1. The standard InChI is InChI=1S/C18H29N3O/c1-20-12-14-21(15-13-20)11-7-3-6-10-19-18(22)16-17-8-4-2-5-9-17/h2,4-5,8-9H,3,6-7,10-16H2,1H3,(H,19,22). The summed E-state index contributed by atoms with van der Waals surface area (Å²) in [5.41, 5.74) is 1.08. The van der Waals surface area contributed by atoms with Crippen molar-refractivity contribution < 1.29 is 4.79 Å². The molecule has 0 aromatic heterocycles. The van der Waals surface area contributed by atoms with Crippen molar-refractivity contribution in [1.29, 1.82) is 0 Å². The van der Waals surface area contributed by atoms with E-state index in [1.807, 2.05) is 30.3 Å². The molecule has 1 aromatic rings. The van der Waals surface area contributed by atoms with Gasteiger partial charge >= 0.3 is 0 Å². The van der Waals surface area contributed by atoms with Gasteiger partial charge in [-0.25, -0.2) is 0 Å². The first-order valence-corrected chi connectivity index (χ1v) is 8.45. The van der Waals surface area contributed by atoms with Gasteiger partial charge in [-0.2, -0.15) is 0 Å². The maximum Gasteiger partial charge on any atom is 0.224 e. The molecule has 1 aromatic carbocycles. The minimum absolute atomic E-state index is 0.130. The van der Waals surface area contributed by atoms with E-state index in [1.165, 1.54) is 45.6 Å². The first-order valence-electron chi connectivity index (χ1n) is 8.45. The zero-order chi connectivity index (χ0) is 15.6. The average Bonchev–Trinajstić information content (AvgIpc) is 2.53. The van der Waals surface area contributed by atoms with Gasteiger partial charge in [0.1, 0.15) is 0 Å². The largest absolute Gasteiger partial charge is 0.356 e. The van der Waals surface area contributed by atoms with Crippen LogP contribution < -0.4 is 5.32 Å². The van der Waals surface area contributed by atoms with Gasteiger partial charge in [-0.1, -0.05) is 36.8 Å². The Morgan fingerprint density at radius 3 is 2.50 bits per heavy atom. The summed E-state index contributed by atoms with van der Waals surface area (Å²) in [4.78, 5) is 16.7. The molecule has 0 spiro atoms. The van der Waals surface area contributed by atoms with Crippen molar-refractivity contribution in [2.75, 3.05) is 46.3 Å². The van der Waals surface area contributed by atoms with Crippen molar-refractivity contribution in [3.05, 3.63) is 35.9 Å². The smallest absolute Gasteiger partial charge is 0.224 e. The highest BCUT2D eigenvalue weighted by atomic mass is 16.1. The fourth-order valence-corrected chi connectivity index (χ4v) is 2.78. The number of rotatable bonds is 8. The third-order valence-electron chi connectivity index (χ3n) is 4.28. The predicted octanol–water partition coefficient (Wildman–Crippen LogP) is 1.76. The molecular formula is C18H29N3O. The molecule has 1 aliphatic heterocycles. The van der Waals surface area contributed by atoms with Crippen molar-refractivity contribution in [1.82, 2.24) is 15.1 Å². The van der Waals surface area contributed by atoms with Crippen LogP contribution in [0.1, 0.15) is 24.8 Å². The van der Waals surface area contributed by atoms with Gasteiger partial charge in [-0.3, -0.25) is 4.79 Å². The van der Waals surface area contributed by atoms with E-state index in [-0.39, 0.29) is 5.91 Å². The summed E-state index contributed by atoms with van der Waals surface area (Å²) in [5, 5.41) is 3.02. The van der Waals surface area contributed by atoms with Crippen molar-refractivity contribution in [3.8, 4) is 0 Å². The topological polar surface area (TPSA) is 35.6 Å². The van der Waals surface area contributed by atoms with E-state index in [1.54, 1.807) is 0 Å². The summed E-state index contributed by atoms with van der Waals surface area (Å²) >= 11 is 0. The molecule has 4 nitrogen and oxygen atoms in total. The third kappa shape index (κ3) is 6.58. The molecule has 22 heavy (non-hydrogen) atoms. The summed E-state index contributed by atoms with van der Waals surface area (Å²) in [6.07, 6.45) is 3.99. The molecule has 0 atom stereocenters. The fraction of sp³-hybridized carbons (Fsp3) is 0.611.